The number of benzene rings is 2. The molecule has 1 aliphatic heterocycles. The fraction of sp³-hybridized carbons (Fsp3) is 0.417. The zero-order valence-electron chi connectivity index (χ0n) is 17.4. The average Bonchev–Trinajstić information content (AvgIpc) is 3.01. The molecule has 0 spiro atoms. The van der Waals surface area contributed by atoms with E-state index in [1.807, 2.05) is 23.9 Å². The maximum atomic E-state index is 6.04. The van der Waals surface area contributed by atoms with E-state index >= 15 is 0 Å². The Hall–Kier alpha value is -1.46. The SMILES string of the molecule is CN1CCN(CCCc2c(SCc3ccc(Cl)cc3)n(C)c3ccccc23)CC1. The summed E-state index contributed by atoms with van der Waals surface area (Å²) in [6, 6.07) is 17.1. The van der Waals surface area contributed by atoms with Crippen LogP contribution in [0.5, 0.6) is 0 Å². The topological polar surface area (TPSA) is 11.4 Å². The minimum Gasteiger partial charge on any atom is -0.339 e. The first-order valence-corrected chi connectivity index (χ1v) is 11.8. The lowest BCUT2D eigenvalue weighted by Crippen LogP contribution is -2.44. The van der Waals surface area contributed by atoms with Crippen LogP contribution in [0.2, 0.25) is 5.02 Å². The molecule has 0 radical (unpaired) electrons. The Balaban J connectivity index is 1.48. The van der Waals surface area contributed by atoms with Gasteiger partial charge in [-0.25, -0.2) is 0 Å². The summed E-state index contributed by atoms with van der Waals surface area (Å²) in [6.07, 6.45) is 2.35. The van der Waals surface area contributed by atoms with Gasteiger partial charge >= 0.3 is 0 Å². The minimum atomic E-state index is 0.799. The molecule has 0 bridgehead atoms. The summed E-state index contributed by atoms with van der Waals surface area (Å²) in [5.41, 5.74) is 4.16. The Morgan fingerprint density at radius 2 is 1.66 bits per heavy atom. The van der Waals surface area contributed by atoms with Gasteiger partial charge in [-0.2, -0.15) is 0 Å². The van der Waals surface area contributed by atoms with E-state index in [2.05, 4.69) is 64.9 Å². The summed E-state index contributed by atoms with van der Waals surface area (Å²) in [5.74, 6) is 0.965. The summed E-state index contributed by atoms with van der Waals surface area (Å²) in [5, 5.41) is 3.61. The largest absolute Gasteiger partial charge is 0.339 e. The van der Waals surface area contributed by atoms with Crippen molar-refractivity contribution in [1.82, 2.24) is 14.4 Å². The van der Waals surface area contributed by atoms with Crippen LogP contribution in [0.4, 0.5) is 0 Å². The Morgan fingerprint density at radius 1 is 0.931 bits per heavy atom. The molecule has 1 aliphatic rings. The zero-order valence-corrected chi connectivity index (χ0v) is 19.0. The van der Waals surface area contributed by atoms with Crippen molar-refractivity contribution in [3.05, 3.63) is 64.7 Å². The molecule has 2 aromatic carbocycles. The van der Waals surface area contributed by atoms with Crippen molar-refractivity contribution >= 4 is 34.3 Å². The summed E-state index contributed by atoms with van der Waals surface area (Å²) in [7, 11) is 4.42. The molecule has 0 atom stereocenters. The number of aryl methyl sites for hydroxylation is 2. The van der Waals surface area contributed by atoms with Crippen molar-refractivity contribution in [1.29, 1.82) is 0 Å². The van der Waals surface area contributed by atoms with Crippen LogP contribution in [0.15, 0.2) is 53.6 Å². The highest BCUT2D eigenvalue weighted by atomic mass is 35.5. The van der Waals surface area contributed by atoms with Gasteiger partial charge in [-0.1, -0.05) is 41.9 Å². The smallest absolute Gasteiger partial charge is 0.0792 e. The lowest BCUT2D eigenvalue weighted by molar-refractivity contribution is 0.153. The maximum Gasteiger partial charge on any atom is 0.0792 e. The molecule has 2 heterocycles. The average molecular weight is 428 g/mol. The normalized spacial score (nSPS) is 16.0. The first-order valence-electron chi connectivity index (χ1n) is 10.5. The van der Waals surface area contributed by atoms with Gasteiger partial charge in [-0.05, 0) is 55.8 Å². The van der Waals surface area contributed by atoms with Crippen molar-refractivity contribution < 1.29 is 0 Å². The molecule has 0 amide bonds. The van der Waals surface area contributed by atoms with E-state index in [9.17, 15) is 0 Å². The molecule has 0 N–H and O–H groups in total. The quantitative estimate of drug-likeness (QED) is 0.474. The number of fused-ring (bicyclic) bond motifs is 1. The van der Waals surface area contributed by atoms with Gasteiger partial charge in [0.2, 0.25) is 0 Å². The first kappa shape index (κ1) is 20.8. The second kappa shape index (κ2) is 9.57. The van der Waals surface area contributed by atoms with E-state index in [1.165, 1.54) is 66.2 Å². The fourth-order valence-electron chi connectivity index (χ4n) is 4.16. The van der Waals surface area contributed by atoms with Crippen LogP contribution in [0, 0.1) is 0 Å². The highest BCUT2D eigenvalue weighted by molar-refractivity contribution is 7.98. The van der Waals surface area contributed by atoms with Crippen molar-refractivity contribution in [2.45, 2.75) is 23.6 Å². The number of thioether (sulfide) groups is 1. The van der Waals surface area contributed by atoms with E-state index in [0.717, 1.165) is 17.2 Å². The maximum absolute atomic E-state index is 6.04. The number of para-hydroxylation sites is 1. The summed E-state index contributed by atoms with van der Waals surface area (Å²) < 4.78 is 2.38. The summed E-state index contributed by atoms with van der Waals surface area (Å²) in [6.45, 7) is 5.97. The lowest BCUT2D eigenvalue weighted by atomic mass is 10.1. The second-order valence-electron chi connectivity index (χ2n) is 8.02. The van der Waals surface area contributed by atoms with Crippen LogP contribution in [-0.4, -0.2) is 54.1 Å². The van der Waals surface area contributed by atoms with Gasteiger partial charge in [0.05, 0.1) is 5.03 Å². The highest BCUT2D eigenvalue weighted by Crippen LogP contribution is 2.35. The monoisotopic (exact) mass is 427 g/mol. The van der Waals surface area contributed by atoms with Crippen molar-refractivity contribution in [3.8, 4) is 0 Å². The predicted molar refractivity (Wildman–Crippen MR) is 126 cm³/mol. The summed E-state index contributed by atoms with van der Waals surface area (Å²) in [4.78, 5) is 5.04. The molecule has 3 aromatic rings. The molecule has 0 saturated carbocycles. The Bertz CT molecular complexity index is 943. The second-order valence-corrected chi connectivity index (χ2v) is 9.42. The van der Waals surface area contributed by atoms with Gasteiger partial charge in [0, 0.05) is 54.9 Å². The van der Waals surface area contributed by atoms with Gasteiger partial charge in [0.25, 0.3) is 0 Å². The van der Waals surface area contributed by atoms with E-state index in [0.29, 0.717) is 0 Å². The zero-order chi connectivity index (χ0) is 20.2. The van der Waals surface area contributed by atoms with Crippen LogP contribution in [0.3, 0.4) is 0 Å². The van der Waals surface area contributed by atoms with Gasteiger partial charge in [-0.3, -0.25) is 0 Å². The third-order valence-corrected chi connectivity index (χ3v) is 7.46. The van der Waals surface area contributed by atoms with Gasteiger partial charge in [0.15, 0.2) is 0 Å². The summed E-state index contributed by atoms with van der Waals surface area (Å²) >= 11 is 7.99. The molecule has 29 heavy (non-hydrogen) atoms. The minimum absolute atomic E-state index is 0.799. The highest BCUT2D eigenvalue weighted by Gasteiger charge is 2.17. The Morgan fingerprint density at radius 3 is 2.41 bits per heavy atom. The van der Waals surface area contributed by atoms with Crippen LogP contribution in [-0.2, 0) is 19.2 Å². The Labute approximate surface area is 183 Å². The molecule has 4 rings (SSSR count). The van der Waals surface area contributed by atoms with Crippen LogP contribution in [0.1, 0.15) is 17.5 Å². The fourth-order valence-corrected chi connectivity index (χ4v) is 5.46. The van der Waals surface area contributed by atoms with E-state index in [1.54, 1.807) is 0 Å². The molecule has 0 aliphatic carbocycles. The molecule has 1 fully saturated rings. The molecule has 154 valence electrons. The standard InChI is InChI=1S/C24H30ClN3S/c1-26-14-16-28(17-15-26)13-5-7-22-21-6-3-4-8-23(21)27(2)24(22)29-18-19-9-11-20(25)12-10-19/h3-4,6,8-12H,5,7,13-18H2,1-2H3. The number of hydrogen-bond acceptors (Lipinski definition) is 3. The number of rotatable bonds is 7. The number of hydrogen-bond donors (Lipinski definition) is 0. The van der Waals surface area contributed by atoms with Crippen LogP contribution >= 0.6 is 23.4 Å². The molecular weight excluding hydrogens is 398 g/mol. The van der Waals surface area contributed by atoms with Crippen molar-refractivity contribution in [2.24, 2.45) is 7.05 Å². The van der Waals surface area contributed by atoms with E-state index in [4.69, 9.17) is 11.6 Å². The van der Waals surface area contributed by atoms with E-state index in [-0.39, 0.29) is 0 Å². The Kier molecular flexibility index (Phi) is 6.86. The van der Waals surface area contributed by atoms with Crippen molar-refractivity contribution in [3.63, 3.8) is 0 Å². The van der Waals surface area contributed by atoms with Crippen LogP contribution in [0.25, 0.3) is 10.9 Å². The van der Waals surface area contributed by atoms with Gasteiger partial charge in [0.1, 0.15) is 0 Å². The van der Waals surface area contributed by atoms with Crippen molar-refractivity contribution in [2.75, 3.05) is 39.8 Å². The van der Waals surface area contributed by atoms with Crippen LogP contribution < -0.4 is 0 Å². The van der Waals surface area contributed by atoms with E-state index < -0.39 is 0 Å². The number of halogens is 1. The molecule has 0 unspecified atom stereocenters. The predicted octanol–water partition coefficient (Wildman–Crippen LogP) is 5.30. The molecule has 1 aromatic heterocycles. The van der Waals surface area contributed by atoms with Gasteiger partial charge in [-0.15, -0.1) is 11.8 Å². The number of likely N-dealkylation sites (N-methyl/N-ethyl adjacent to an activating group) is 1. The number of aromatic nitrogens is 1. The number of piperazine rings is 1. The molecule has 5 heteroatoms. The number of nitrogens with zero attached hydrogens (tertiary/aromatic N) is 3. The third kappa shape index (κ3) is 5.00. The molecule has 3 nitrogen and oxygen atoms in total. The third-order valence-electron chi connectivity index (χ3n) is 5.94. The molecule has 1 saturated heterocycles. The lowest BCUT2D eigenvalue weighted by Gasteiger charge is -2.32. The van der Waals surface area contributed by atoms with Gasteiger partial charge < -0.3 is 14.4 Å². The molecular formula is C24H30ClN3S. The first-order chi connectivity index (χ1) is 14.1.